The summed E-state index contributed by atoms with van der Waals surface area (Å²) in [5.74, 6) is -1.05. The van der Waals surface area contributed by atoms with Gasteiger partial charge < -0.3 is 14.2 Å². The largest absolute Gasteiger partial charge is 0.462 e. The lowest BCUT2D eigenvalue weighted by atomic mass is 10.1. The van der Waals surface area contributed by atoms with E-state index < -0.39 is 6.10 Å². The van der Waals surface area contributed by atoms with E-state index in [4.69, 9.17) is 14.2 Å². The van der Waals surface area contributed by atoms with Crippen LogP contribution in [-0.2, 0) is 28.6 Å². The van der Waals surface area contributed by atoms with Gasteiger partial charge in [0.25, 0.3) is 0 Å². The summed E-state index contributed by atoms with van der Waals surface area (Å²) in [6, 6.07) is 0. The second-order valence-corrected chi connectivity index (χ2v) is 16.3. The molecule has 6 nitrogen and oxygen atoms in total. The van der Waals surface area contributed by atoms with E-state index in [9.17, 15) is 14.4 Å². The van der Waals surface area contributed by atoms with Crippen molar-refractivity contribution in [3.63, 3.8) is 0 Å². The van der Waals surface area contributed by atoms with Crippen molar-refractivity contribution >= 4 is 17.9 Å². The minimum absolute atomic E-state index is 0.128. The summed E-state index contributed by atoms with van der Waals surface area (Å²) in [6.45, 7) is 6.26. The molecule has 1 atom stereocenters. The van der Waals surface area contributed by atoms with Crippen molar-refractivity contribution in [1.82, 2.24) is 0 Å². The van der Waals surface area contributed by atoms with E-state index in [1.165, 1.54) is 25.7 Å². The number of unbranched alkanes of at least 4 members (excludes halogenated alkanes) is 11. The van der Waals surface area contributed by atoms with Gasteiger partial charge in [0.15, 0.2) is 6.10 Å². The van der Waals surface area contributed by atoms with Gasteiger partial charge in [0, 0.05) is 19.3 Å². The molecule has 364 valence electrons. The van der Waals surface area contributed by atoms with Crippen LogP contribution >= 0.6 is 0 Å². The van der Waals surface area contributed by atoms with Crippen molar-refractivity contribution in [3.8, 4) is 0 Å². The van der Waals surface area contributed by atoms with Crippen molar-refractivity contribution in [2.45, 2.75) is 207 Å². The molecule has 0 rings (SSSR count). The van der Waals surface area contributed by atoms with Gasteiger partial charge in [-0.1, -0.05) is 187 Å². The Labute approximate surface area is 398 Å². The minimum atomic E-state index is -0.830. The van der Waals surface area contributed by atoms with Crippen LogP contribution in [0.4, 0.5) is 0 Å². The Kier molecular flexibility index (Phi) is 48.6. The molecule has 0 spiro atoms. The zero-order chi connectivity index (χ0) is 47.2. The summed E-state index contributed by atoms with van der Waals surface area (Å²) in [5.41, 5.74) is 0. The molecular weight excluding hydrogens is 805 g/mol. The maximum Gasteiger partial charge on any atom is 0.306 e. The van der Waals surface area contributed by atoms with E-state index in [1.54, 1.807) is 0 Å². The summed E-state index contributed by atoms with van der Waals surface area (Å²) in [5, 5.41) is 0. The summed E-state index contributed by atoms with van der Waals surface area (Å²) in [7, 11) is 0. The third-order valence-electron chi connectivity index (χ3n) is 10.1. The maximum absolute atomic E-state index is 12.8. The monoisotopic (exact) mass is 897 g/mol. The molecule has 0 aliphatic carbocycles. The quantitative estimate of drug-likeness (QED) is 0.0262. The summed E-state index contributed by atoms with van der Waals surface area (Å²) in [6.07, 6.45) is 73.0. The number of hydrogen-bond donors (Lipinski definition) is 0. The molecule has 0 aromatic rings. The predicted octanol–water partition coefficient (Wildman–Crippen LogP) is 17.1. The number of hydrogen-bond acceptors (Lipinski definition) is 6. The first-order valence-corrected chi connectivity index (χ1v) is 25.7. The van der Waals surface area contributed by atoms with Gasteiger partial charge in [-0.25, -0.2) is 0 Å². The van der Waals surface area contributed by atoms with E-state index in [0.29, 0.717) is 19.3 Å². The normalized spacial score (nSPS) is 13.2. The van der Waals surface area contributed by atoms with Gasteiger partial charge in [-0.3, -0.25) is 14.4 Å². The molecule has 0 heterocycles. The van der Waals surface area contributed by atoms with Crippen LogP contribution in [0.5, 0.6) is 0 Å². The topological polar surface area (TPSA) is 78.9 Å². The van der Waals surface area contributed by atoms with Crippen LogP contribution < -0.4 is 0 Å². The maximum atomic E-state index is 12.8. The molecule has 0 N–H and O–H groups in total. The Morgan fingerprint density at radius 1 is 0.323 bits per heavy atom. The fraction of sp³-hybridized carbons (Fsp3) is 0.576. The van der Waals surface area contributed by atoms with Crippen LogP contribution in [0.2, 0.25) is 0 Å². The molecule has 0 aromatic carbocycles. The zero-order valence-corrected chi connectivity index (χ0v) is 41.4. The number of esters is 3. The molecule has 0 unspecified atom stereocenters. The third kappa shape index (κ3) is 50.4. The van der Waals surface area contributed by atoms with Crippen molar-refractivity contribution in [3.05, 3.63) is 134 Å². The highest BCUT2D eigenvalue weighted by Gasteiger charge is 2.19. The molecule has 6 heteroatoms. The fourth-order valence-electron chi connectivity index (χ4n) is 6.32. The van der Waals surface area contributed by atoms with Gasteiger partial charge in [0.05, 0.1) is 0 Å². The van der Waals surface area contributed by atoms with Crippen LogP contribution in [0, 0.1) is 0 Å². The number of ether oxygens (including phenoxy) is 3. The van der Waals surface area contributed by atoms with Crippen LogP contribution in [0.25, 0.3) is 0 Å². The Balaban J connectivity index is 4.60. The first-order chi connectivity index (χ1) is 32.0. The average Bonchev–Trinajstić information content (AvgIpc) is 3.30. The van der Waals surface area contributed by atoms with E-state index in [2.05, 4.69) is 154 Å². The molecule has 65 heavy (non-hydrogen) atoms. The Morgan fingerprint density at radius 3 is 1.03 bits per heavy atom. The SMILES string of the molecule is CC/C=C\C/C=C\C/C=C\C/C=C\C/C=C\CCCC(=O)OC[C@H](COC(=O)CCCC/C=C\C/C=C\C/C=C\CCCCC)OC(=O)CCCCCCC/C=C\C/C=C\C/C=C\CC. The summed E-state index contributed by atoms with van der Waals surface area (Å²) >= 11 is 0. The van der Waals surface area contributed by atoms with E-state index in [1.807, 2.05) is 0 Å². The Morgan fingerprint density at radius 2 is 0.615 bits per heavy atom. The smallest absolute Gasteiger partial charge is 0.306 e. The van der Waals surface area contributed by atoms with E-state index in [0.717, 1.165) is 122 Å². The third-order valence-corrected chi connectivity index (χ3v) is 10.1. The molecular formula is C59H92O6. The highest BCUT2D eigenvalue weighted by atomic mass is 16.6. The number of allylic oxidation sites excluding steroid dienone is 22. The van der Waals surface area contributed by atoms with E-state index >= 15 is 0 Å². The highest BCUT2D eigenvalue weighted by Crippen LogP contribution is 2.11. The first kappa shape index (κ1) is 60.5. The lowest BCUT2D eigenvalue weighted by Gasteiger charge is -2.18. The van der Waals surface area contributed by atoms with Gasteiger partial charge in [0.2, 0.25) is 0 Å². The summed E-state index contributed by atoms with van der Waals surface area (Å²) in [4.78, 5) is 38.0. The molecule has 0 bridgehead atoms. The number of carbonyl (C=O) groups excluding carboxylic acids is 3. The van der Waals surface area contributed by atoms with E-state index in [-0.39, 0.29) is 44.0 Å². The van der Waals surface area contributed by atoms with Crippen molar-refractivity contribution < 1.29 is 28.6 Å². The average molecular weight is 897 g/mol. The van der Waals surface area contributed by atoms with Crippen molar-refractivity contribution in [2.75, 3.05) is 13.2 Å². The Bertz CT molecular complexity index is 1450. The Hall–Kier alpha value is -4.45. The minimum Gasteiger partial charge on any atom is -0.462 e. The summed E-state index contributed by atoms with van der Waals surface area (Å²) < 4.78 is 16.7. The van der Waals surface area contributed by atoms with Crippen LogP contribution in [-0.4, -0.2) is 37.2 Å². The van der Waals surface area contributed by atoms with Gasteiger partial charge >= 0.3 is 17.9 Å². The molecule has 0 radical (unpaired) electrons. The van der Waals surface area contributed by atoms with Gasteiger partial charge in [-0.05, 0) is 128 Å². The lowest BCUT2D eigenvalue weighted by molar-refractivity contribution is -0.167. The fourth-order valence-corrected chi connectivity index (χ4v) is 6.32. The second kappa shape index (κ2) is 52.2. The molecule has 0 amide bonds. The highest BCUT2D eigenvalue weighted by molar-refractivity contribution is 5.71. The predicted molar refractivity (Wildman–Crippen MR) is 279 cm³/mol. The first-order valence-electron chi connectivity index (χ1n) is 25.7. The van der Waals surface area contributed by atoms with Gasteiger partial charge in [-0.15, -0.1) is 0 Å². The molecule has 0 saturated heterocycles. The lowest BCUT2D eigenvalue weighted by Crippen LogP contribution is -2.30. The van der Waals surface area contributed by atoms with Crippen LogP contribution in [0.15, 0.2) is 134 Å². The van der Waals surface area contributed by atoms with Gasteiger partial charge in [0.1, 0.15) is 13.2 Å². The van der Waals surface area contributed by atoms with Crippen LogP contribution in [0.3, 0.4) is 0 Å². The molecule has 0 aromatic heterocycles. The second-order valence-electron chi connectivity index (χ2n) is 16.3. The zero-order valence-electron chi connectivity index (χ0n) is 41.4. The molecule has 0 aliphatic rings. The molecule has 0 saturated carbocycles. The van der Waals surface area contributed by atoms with Crippen LogP contribution in [0.1, 0.15) is 201 Å². The number of rotatable bonds is 44. The van der Waals surface area contributed by atoms with Crippen molar-refractivity contribution in [1.29, 1.82) is 0 Å². The van der Waals surface area contributed by atoms with Gasteiger partial charge in [-0.2, -0.15) is 0 Å². The molecule has 0 fully saturated rings. The number of carbonyl (C=O) groups is 3. The molecule has 0 aliphatic heterocycles. The standard InChI is InChI=1S/C59H92O6/c1-4-7-10-13-16-19-22-25-28-29-32-34-37-40-43-46-49-52-58(61)64-55-56(65-59(62)53-50-47-44-41-38-35-31-27-24-21-18-15-12-9-6-3)54-63-57(60)51-48-45-42-39-36-33-30-26-23-20-17-14-11-8-5-2/h7,9-10,12,16-21,25-28,30-32,34,36,39-40,43,56H,4-6,8,11,13-15,22-24,29,33,35,37-38,41-42,44-55H2,1-3H3/b10-7-,12-9-,19-16-,20-17-,21-18-,28-25-,30-26-,31-27-,34-32-,39-36-,43-40-/t56-/m0/s1. The van der Waals surface area contributed by atoms with Crippen molar-refractivity contribution in [2.24, 2.45) is 0 Å².